The van der Waals surface area contributed by atoms with Crippen molar-refractivity contribution in [1.82, 2.24) is 0 Å². The van der Waals surface area contributed by atoms with Gasteiger partial charge < -0.3 is 4.74 Å². The molecule has 0 unspecified atom stereocenters. The average Bonchev–Trinajstić information content (AvgIpc) is 2.27. The van der Waals surface area contributed by atoms with Crippen LogP contribution in [0, 0.1) is 5.92 Å². The van der Waals surface area contributed by atoms with Crippen LogP contribution in [0.4, 0.5) is 0 Å². The largest absolute Gasteiger partial charge is 0.461 e. The topological polar surface area (TPSA) is 43.4 Å². The molecular weight excluding hydrogens is 204 g/mol. The van der Waals surface area contributed by atoms with E-state index in [1.165, 1.54) is 6.92 Å². The van der Waals surface area contributed by atoms with Gasteiger partial charge in [-0.1, -0.05) is 37.3 Å². The molecule has 0 aliphatic heterocycles. The summed E-state index contributed by atoms with van der Waals surface area (Å²) in [6.45, 7) is 3.48. The van der Waals surface area contributed by atoms with Crippen molar-refractivity contribution in [1.29, 1.82) is 0 Å². The molecule has 3 nitrogen and oxygen atoms in total. The van der Waals surface area contributed by atoms with Crippen LogP contribution in [-0.4, -0.2) is 11.8 Å². The molecule has 0 fully saturated rings. The van der Waals surface area contributed by atoms with Crippen LogP contribution in [0.15, 0.2) is 30.3 Å². The minimum Gasteiger partial charge on any atom is -0.461 e. The highest BCUT2D eigenvalue weighted by Gasteiger charge is 2.13. The number of ketones is 1. The normalized spacial score (nSPS) is 11.9. The van der Waals surface area contributed by atoms with Gasteiger partial charge in [-0.2, -0.15) is 0 Å². The standard InChI is InChI=1S/C13H16O3/c1-10(11(2)14)8-13(15)16-9-12-6-4-3-5-7-12/h3-7,10H,8-9H2,1-2H3/t10-/m1/s1. The third-order valence-corrected chi connectivity index (χ3v) is 2.41. The molecule has 0 radical (unpaired) electrons. The maximum Gasteiger partial charge on any atom is 0.306 e. The summed E-state index contributed by atoms with van der Waals surface area (Å²) in [5, 5.41) is 0. The predicted molar refractivity (Wildman–Crippen MR) is 60.7 cm³/mol. The second kappa shape index (κ2) is 6.05. The van der Waals surface area contributed by atoms with E-state index in [1.807, 2.05) is 30.3 Å². The van der Waals surface area contributed by atoms with Gasteiger partial charge in [0.2, 0.25) is 0 Å². The maximum absolute atomic E-state index is 11.4. The van der Waals surface area contributed by atoms with Crippen LogP contribution in [-0.2, 0) is 20.9 Å². The number of hydrogen-bond donors (Lipinski definition) is 0. The lowest BCUT2D eigenvalue weighted by Crippen LogP contribution is -2.14. The van der Waals surface area contributed by atoms with E-state index < -0.39 is 0 Å². The van der Waals surface area contributed by atoms with Crippen molar-refractivity contribution in [2.24, 2.45) is 5.92 Å². The maximum atomic E-state index is 11.4. The third kappa shape index (κ3) is 4.26. The Labute approximate surface area is 95.4 Å². The Balaban J connectivity index is 2.33. The Morgan fingerprint density at radius 2 is 1.88 bits per heavy atom. The molecule has 0 heterocycles. The van der Waals surface area contributed by atoms with Gasteiger partial charge >= 0.3 is 5.97 Å². The van der Waals surface area contributed by atoms with E-state index in [2.05, 4.69) is 0 Å². The zero-order chi connectivity index (χ0) is 12.0. The van der Waals surface area contributed by atoms with E-state index in [0.717, 1.165) is 5.56 Å². The van der Waals surface area contributed by atoms with Crippen molar-refractivity contribution in [3.63, 3.8) is 0 Å². The summed E-state index contributed by atoms with van der Waals surface area (Å²) >= 11 is 0. The van der Waals surface area contributed by atoms with Gasteiger partial charge in [0.05, 0.1) is 6.42 Å². The number of carbonyl (C=O) groups excluding carboxylic acids is 2. The fraction of sp³-hybridized carbons (Fsp3) is 0.385. The summed E-state index contributed by atoms with van der Waals surface area (Å²) < 4.78 is 5.06. The Morgan fingerprint density at radius 1 is 1.25 bits per heavy atom. The van der Waals surface area contributed by atoms with E-state index in [0.29, 0.717) is 0 Å². The summed E-state index contributed by atoms with van der Waals surface area (Å²) in [5.74, 6) is -0.577. The van der Waals surface area contributed by atoms with Crippen LogP contribution < -0.4 is 0 Å². The number of rotatable bonds is 5. The molecule has 16 heavy (non-hydrogen) atoms. The van der Waals surface area contributed by atoms with Gasteiger partial charge in [0.1, 0.15) is 12.4 Å². The van der Waals surface area contributed by atoms with E-state index in [-0.39, 0.29) is 30.7 Å². The van der Waals surface area contributed by atoms with E-state index in [9.17, 15) is 9.59 Å². The highest BCUT2D eigenvalue weighted by molar-refractivity contribution is 5.83. The zero-order valence-corrected chi connectivity index (χ0v) is 9.60. The molecule has 0 aliphatic carbocycles. The van der Waals surface area contributed by atoms with Gasteiger partial charge in [-0.25, -0.2) is 0 Å². The molecule has 0 saturated carbocycles. The molecule has 0 saturated heterocycles. The van der Waals surface area contributed by atoms with Crippen molar-refractivity contribution in [2.75, 3.05) is 0 Å². The van der Waals surface area contributed by atoms with E-state index >= 15 is 0 Å². The minimum absolute atomic E-state index is 0.0108. The smallest absolute Gasteiger partial charge is 0.306 e. The Kier molecular flexibility index (Phi) is 4.70. The first-order chi connectivity index (χ1) is 7.59. The van der Waals surface area contributed by atoms with E-state index in [4.69, 9.17) is 4.74 Å². The quantitative estimate of drug-likeness (QED) is 0.715. The SMILES string of the molecule is CC(=O)[C@H](C)CC(=O)OCc1ccccc1. The lowest BCUT2D eigenvalue weighted by Gasteiger charge is -2.07. The lowest BCUT2D eigenvalue weighted by atomic mass is 10.0. The number of Topliss-reactive ketones (excluding diaryl/α,β-unsaturated/α-hetero) is 1. The molecule has 1 aromatic carbocycles. The van der Waals surface area contributed by atoms with Crippen molar-refractivity contribution in [2.45, 2.75) is 26.9 Å². The van der Waals surface area contributed by atoms with E-state index in [1.54, 1.807) is 6.92 Å². The summed E-state index contributed by atoms with van der Waals surface area (Å²) in [7, 11) is 0. The van der Waals surface area contributed by atoms with Crippen LogP contribution in [0.2, 0.25) is 0 Å². The molecule has 0 aliphatic rings. The minimum atomic E-state index is -0.327. The van der Waals surface area contributed by atoms with Gasteiger partial charge in [0, 0.05) is 5.92 Å². The third-order valence-electron chi connectivity index (χ3n) is 2.41. The van der Waals surface area contributed by atoms with Gasteiger partial charge in [-0.05, 0) is 12.5 Å². The Bertz CT molecular complexity index is 357. The summed E-state index contributed by atoms with van der Waals surface area (Å²) in [5.41, 5.74) is 0.950. The first-order valence-corrected chi connectivity index (χ1v) is 5.29. The molecule has 1 atom stereocenters. The summed E-state index contributed by atoms with van der Waals surface area (Å²) in [6.07, 6.45) is 0.155. The lowest BCUT2D eigenvalue weighted by molar-refractivity contribution is -0.147. The number of ether oxygens (including phenoxy) is 1. The van der Waals surface area contributed by atoms with Crippen LogP contribution in [0.5, 0.6) is 0 Å². The van der Waals surface area contributed by atoms with Crippen LogP contribution in [0.1, 0.15) is 25.8 Å². The van der Waals surface area contributed by atoms with Crippen LogP contribution in [0.3, 0.4) is 0 Å². The van der Waals surface area contributed by atoms with Crippen LogP contribution in [0.25, 0.3) is 0 Å². The van der Waals surface area contributed by atoms with Crippen molar-refractivity contribution < 1.29 is 14.3 Å². The molecule has 0 bridgehead atoms. The monoisotopic (exact) mass is 220 g/mol. The molecule has 3 heteroatoms. The zero-order valence-electron chi connectivity index (χ0n) is 9.60. The fourth-order valence-corrected chi connectivity index (χ4v) is 1.19. The first kappa shape index (κ1) is 12.4. The molecule has 86 valence electrons. The predicted octanol–water partition coefficient (Wildman–Crippen LogP) is 2.35. The van der Waals surface area contributed by atoms with Crippen molar-refractivity contribution in [3.8, 4) is 0 Å². The molecular formula is C13H16O3. The first-order valence-electron chi connectivity index (χ1n) is 5.29. The van der Waals surface area contributed by atoms with Gasteiger partial charge in [-0.15, -0.1) is 0 Å². The second-order valence-electron chi connectivity index (χ2n) is 3.86. The number of esters is 1. The average molecular weight is 220 g/mol. The van der Waals surface area contributed by atoms with Crippen molar-refractivity contribution in [3.05, 3.63) is 35.9 Å². The summed E-state index contributed by atoms with van der Waals surface area (Å²) in [4.78, 5) is 22.3. The highest BCUT2D eigenvalue weighted by Crippen LogP contribution is 2.07. The fourth-order valence-electron chi connectivity index (χ4n) is 1.19. The molecule has 0 aromatic heterocycles. The van der Waals surface area contributed by atoms with Crippen molar-refractivity contribution >= 4 is 11.8 Å². The molecule has 1 aromatic rings. The summed E-state index contributed by atoms with van der Waals surface area (Å²) in [6, 6.07) is 9.47. The molecule has 1 rings (SSSR count). The van der Waals surface area contributed by atoms with Gasteiger partial charge in [-0.3, -0.25) is 9.59 Å². The number of benzene rings is 1. The van der Waals surface area contributed by atoms with Crippen LogP contribution >= 0.6 is 0 Å². The Hall–Kier alpha value is -1.64. The molecule has 0 N–H and O–H groups in total. The molecule has 0 amide bonds. The van der Waals surface area contributed by atoms with Gasteiger partial charge in [0.25, 0.3) is 0 Å². The molecule has 0 spiro atoms. The number of hydrogen-bond acceptors (Lipinski definition) is 3. The highest BCUT2D eigenvalue weighted by atomic mass is 16.5. The second-order valence-corrected chi connectivity index (χ2v) is 3.86. The Morgan fingerprint density at radius 3 is 2.44 bits per heavy atom. The van der Waals surface area contributed by atoms with Gasteiger partial charge in [0.15, 0.2) is 0 Å². The number of carbonyl (C=O) groups is 2.